The lowest BCUT2D eigenvalue weighted by molar-refractivity contribution is -0.128. The monoisotopic (exact) mass is 443 g/mol. The van der Waals surface area contributed by atoms with Gasteiger partial charge in [0.25, 0.3) is 5.56 Å². The third-order valence-electron chi connectivity index (χ3n) is 7.21. The van der Waals surface area contributed by atoms with Crippen molar-refractivity contribution in [3.05, 3.63) is 106 Å². The molecule has 2 N–H and O–H groups in total. The van der Waals surface area contributed by atoms with Crippen LogP contribution in [0.3, 0.4) is 0 Å². The lowest BCUT2D eigenvalue weighted by atomic mass is 9.86. The van der Waals surface area contributed by atoms with Gasteiger partial charge < -0.3 is 15.0 Å². The van der Waals surface area contributed by atoms with Gasteiger partial charge in [0.05, 0.1) is 18.0 Å². The number of nitrogens with one attached hydrogen (secondary N) is 1. The molecule has 2 aromatic carbocycles. The van der Waals surface area contributed by atoms with E-state index < -0.39 is 5.92 Å². The highest BCUT2D eigenvalue weighted by Gasteiger charge is 2.55. The van der Waals surface area contributed by atoms with E-state index in [4.69, 9.17) is 0 Å². The molecule has 2 aliphatic heterocycles. The standard InChI is InChI=1S/C27H29N3O3/c1-18(20-11-6-3-7-12-20)28-27(33)25-21(17-31)23-16-29-22(13-8-14-24(29)32)26(25)30(23)15-19-9-4-2-5-10-19/h2-14,18,21,23,25-26,31H,15-17H2,1H3,(H,28,33)/t18-,21+,23+,25-,26-/m1/s1. The molecule has 5 atom stereocenters. The second-order valence-electron chi connectivity index (χ2n) is 9.08. The normalized spacial score (nSPS) is 24.8. The van der Waals surface area contributed by atoms with Gasteiger partial charge in [-0.15, -0.1) is 0 Å². The van der Waals surface area contributed by atoms with Gasteiger partial charge in [0.1, 0.15) is 0 Å². The number of aliphatic hydroxyl groups excluding tert-OH is 1. The zero-order valence-electron chi connectivity index (χ0n) is 18.7. The summed E-state index contributed by atoms with van der Waals surface area (Å²) in [5.41, 5.74) is 2.97. The Kier molecular flexibility index (Phi) is 5.87. The van der Waals surface area contributed by atoms with Crippen LogP contribution >= 0.6 is 0 Å². The fourth-order valence-corrected chi connectivity index (χ4v) is 5.62. The summed E-state index contributed by atoms with van der Waals surface area (Å²) in [6.07, 6.45) is 0. The van der Waals surface area contributed by atoms with Crippen molar-refractivity contribution in [1.29, 1.82) is 0 Å². The van der Waals surface area contributed by atoms with Crippen LogP contribution in [-0.4, -0.2) is 33.1 Å². The number of aromatic nitrogens is 1. The first-order valence-electron chi connectivity index (χ1n) is 11.5. The van der Waals surface area contributed by atoms with Gasteiger partial charge in [-0.3, -0.25) is 14.5 Å². The maximum Gasteiger partial charge on any atom is 0.250 e. The number of pyridine rings is 1. The Labute approximate surface area is 193 Å². The summed E-state index contributed by atoms with van der Waals surface area (Å²) in [5, 5.41) is 13.6. The van der Waals surface area contributed by atoms with Crippen molar-refractivity contribution >= 4 is 5.91 Å². The van der Waals surface area contributed by atoms with Gasteiger partial charge in [0.15, 0.2) is 0 Å². The zero-order valence-corrected chi connectivity index (χ0v) is 18.7. The Morgan fingerprint density at radius 1 is 1.03 bits per heavy atom. The molecule has 3 heterocycles. The van der Waals surface area contributed by atoms with Crippen LogP contribution in [0.5, 0.6) is 0 Å². The molecule has 0 unspecified atom stereocenters. The van der Waals surface area contributed by atoms with E-state index in [1.807, 2.05) is 61.5 Å². The van der Waals surface area contributed by atoms with Gasteiger partial charge in [-0.2, -0.15) is 0 Å². The van der Waals surface area contributed by atoms with Crippen LogP contribution in [0.4, 0.5) is 0 Å². The number of hydrogen-bond donors (Lipinski definition) is 2. The molecule has 3 aromatic rings. The maximum absolute atomic E-state index is 13.7. The largest absolute Gasteiger partial charge is 0.396 e. The first kappa shape index (κ1) is 21.6. The molecular formula is C27H29N3O3. The van der Waals surface area contributed by atoms with E-state index in [1.165, 1.54) is 0 Å². The highest BCUT2D eigenvalue weighted by Crippen LogP contribution is 2.49. The molecule has 1 fully saturated rings. The predicted octanol–water partition coefficient (Wildman–Crippen LogP) is 2.89. The first-order chi connectivity index (χ1) is 16.1. The number of nitrogens with zero attached hydrogens (tertiary/aromatic N) is 2. The summed E-state index contributed by atoms with van der Waals surface area (Å²) in [6, 6.07) is 24.8. The third-order valence-corrected chi connectivity index (χ3v) is 7.21. The molecule has 0 aliphatic carbocycles. The van der Waals surface area contributed by atoms with E-state index in [-0.39, 0.29) is 42.1 Å². The Balaban J connectivity index is 1.52. The summed E-state index contributed by atoms with van der Waals surface area (Å²) in [7, 11) is 0. The van der Waals surface area contributed by atoms with E-state index in [2.05, 4.69) is 22.3 Å². The van der Waals surface area contributed by atoms with E-state index in [0.29, 0.717) is 13.1 Å². The second-order valence-corrected chi connectivity index (χ2v) is 9.08. The van der Waals surface area contributed by atoms with E-state index in [9.17, 15) is 14.7 Å². The Morgan fingerprint density at radius 2 is 1.73 bits per heavy atom. The maximum atomic E-state index is 13.7. The van der Waals surface area contributed by atoms with Crippen LogP contribution in [-0.2, 0) is 17.9 Å². The Bertz CT molecular complexity index is 1180. The van der Waals surface area contributed by atoms with Crippen molar-refractivity contribution in [2.45, 2.75) is 38.1 Å². The zero-order chi connectivity index (χ0) is 22.9. The van der Waals surface area contributed by atoms with E-state index in [1.54, 1.807) is 16.7 Å². The van der Waals surface area contributed by atoms with E-state index in [0.717, 1.165) is 16.8 Å². The molecule has 0 radical (unpaired) electrons. The van der Waals surface area contributed by atoms with Crippen molar-refractivity contribution in [3.63, 3.8) is 0 Å². The molecule has 2 aliphatic rings. The smallest absolute Gasteiger partial charge is 0.250 e. The molecule has 2 bridgehead atoms. The van der Waals surface area contributed by atoms with Crippen molar-refractivity contribution < 1.29 is 9.90 Å². The molecule has 33 heavy (non-hydrogen) atoms. The number of benzene rings is 2. The quantitative estimate of drug-likeness (QED) is 0.614. The summed E-state index contributed by atoms with van der Waals surface area (Å²) in [4.78, 5) is 28.7. The molecular weight excluding hydrogens is 414 g/mol. The van der Waals surface area contributed by atoms with Crippen molar-refractivity contribution in [1.82, 2.24) is 14.8 Å². The fraction of sp³-hybridized carbons (Fsp3) is 0.333. The Hall–Kier alpha value is -3.22. The van der Waals surface area contributed by atoms with Crippen LogP contribution in [0.1, 0.15) is 35.8 Å². The lowest BCUT2D eigenvalue weighted by Gasteiger charge is -2.38. The van der Waals surface area contributed by atoms with Gasteiger partial charge in [0, 0.05) is 43.4 Å². The van der Waals surface area contributed by atoms with Crippen molar-refractivity contribution in [2.75, 3.05) is 6.61 Å². The molecule has 6 heteroatoms. The van der Waals surface area contributed by atoms with Crippen molar-refractivity contribution in [3.8, 4) is 0 Å². The van der Waals surface area contributed by atoms with Crippen LogP contribution in [0.2, 0.25) is 0 Å². The average molecular weight is 444 g/mol. The molecule has 1 saturated heterocycles. The number of fused-ring (bicyclic) bond motifs is 4. The van der Waals surface area contributed by atoms with Gasteiger partial charge in [-0.05, 0) is 24.1 Å². The average Bonchev–Trinajstić information content (AvgIpc) is 3.04. The fourth-order valence-electron chi connectivity index (χ4n) is 5.62. The van der Waals surface area contributed by atoms with Crippen LogP contribution in [0, 0.1) is 11.8 Å². The minimum Gasteiger partial charge on any atom is -0.396 e. The number of hydrogen-bond acceptors (Lipinski definition) is 4. The summed E-state index contributed by atoms with van der Waals surface area (Å²) >= 11 is 0. The van der Waals surface area contributed by atoms with Crippen molar-refractivity contribution in [2.24, 2.45) is 11.8 Å². The molecule has 0 spiro atoms. The van der Waals surface area contributed by atoms with Gasteiger partial charge in [-0.1, -0.05) is 66.7 Å². The highest BCUT2D eigenvalue weighted by atomic mass is 16.3. The minimum absolute atomic E-state index is 0.0581. The summed E-state index contributed by atoms with van der Waals surface area (Å²) in [5.74, 6) is -0.799. The Morgan fingerprint density at radius 3 is 2.42 bits per heavy atom. The summed E-state index contributed by atoms with van der Waals surface area (Å²) < 4.78 is 1.79. The molecule has 6 nitrogen and oxygen atoms in total. The molecule has 1 aromatic heterocycles. The van der Waals surface area contributed by atoms with Crippen LogP contribution < -0.4 is 10.9 Å². The minimum atomic E-state index is -0.453. The van der Waals surface area contributed by atoms with E-state index >= 15 is 0 Å². The van der Waals surface area contributed by atoms with Gasteiger partial charge >= 0.3 is 0 Å². The predicted molar refractivity (Wildman–Crippen MR) is 126 cm³/mol. The number of rotatable bonds is 6. The first-order valence-corrected chi connectivity index (χ1v) is 11.5. The van der Waals surface area contributed by atoms with Gasteiger partial charge in [-0.25, -0.2) is 0 Å². The van der Waals surface area contributed by atoms with Crippen LogP contribution in [0.25, 0.3) is 0 Å². The summed E-state index contributed by atoms with van der Waals surface area (Å²) in [6.45, 7) is 3.00. The second kappa shape index (κ2) is 8.96. The molecule has 170 valence electrons. The highest BCUT2D eigenvalue weighted by molar-refractivity contribution is 5.81. The third kappa shape index (κ3) is 3.90. The van der Waals surface area contributed by atoms with Gasteiger partial charge in [0.2, 0.25) is 5.91 Å². The number of amides is 1. The SMILES string of the molecule is C[C@@H](NC(=O)[C@@H]1[C@@H](CO)[C@@H]2Cn3c(cccc3=O)[C@H]1N2Cc1ccccc1)c1ccccc1. The van der Waals surface area contributed by atoms with Crippen LogP contribution in [0.15, 0.2) is 83.7 Å². The molecule has 0 saturated carbocycles. The number of carbonyl (C=O) groups excluding carboxylic acids is 1. The topological polar surface area (TPSA) is 74.6 Å². The lowest BCUT2D eigenvalue weighted by Crippen LogP contribution is -2.45. The number of carbonyl (C=O) groups is 1. The molecule has 1 amide bonds. The molecule has 5 rings (SSSR count). The number of aliphatic hydroxyl groups is 1.